The molecule has 3 aliphatic heterocycles. The van der Waals surface area contributed by atoms with Crippen molar-refractivity contribution in [1.29, 1.82) is 0 Å². The maximum absolute atomic E-state index is 14.3. The molecule has 0 aromatic heterocycles. The number of primary amides is 1. The summed E-state index contributed by atoms with van der Waals surface area (Å²) in [6, 6.07) is -9.16. The molecule has 352 valence electrons. The van der Waals surface area contributed by atoms with Gasteiger partial charge in [-0.2, -0.15) is 0 Å². The zero-order valence-corrected chi connectivity index (χ0v) is 33.9. The fourth-order valence-corrected chi connectivity index (χ4v) is 7.45. The van der Waals surface area contributed by atoms with E-state index in [1.54, 1.807) is 0 Å². The van der Waals surface area contributed by atoms with Gasteiger partial charge >= 0.3 is 0 Å². The number of fused-ring (bicyclic) bond motifs is 2. The Morgan fingerprint density at radius 3 is 2.19 bits per heavy atom. The van der Waals surface area contributed by atoms with Gasteiger partial charge in [0.05, 0.1) is 37.4 Å². The molecule has 1 aromatic rings. The average Bonchev–Trinajstić information content (AvgIpc) is 3.77. The molecule has 0 spiro atoms. The lowest BCUT2D eigenvalue weighted by atomic mass is 9.96. The summed E-state index contributed by atoms with van der Waals surface area (Å²) in [6.07, 6.45) is -16.8. The minimum Gasteiger partial charge on any atom is -0.504 e. The lowest BCUT2D eigenvalue weighted by Crippen LogP contribution is -2.64. The van der Waals surface area contributed by atoms with Gasteiger partial charge in [-0.15, -0.1) is 0 Å². The first-order chi connectivity index (χ1) is 29.6. The highest BCUT2D eigenvalue weighted by molar-refractivity contribution is 7.90. The van der Waals surface area contributed by atoms with E-state index in [1.165, 1.54) is 6.92 Å². The van der Waals surface area contributed by atoms with Crippen molar-refractivity contribution in [3.05, 3.63) is 23.8 Å². The van der Waals surface area contributed by atoms with Crippen LogP contribution in [0.2, 0.25) is 0 Å². The van der Waals surface area contributed by atoms with Gasteiger partial charge in [0.2, 0.25) is 41.4 Å². The highest BCUT2D eigenvalue weighted by Gasteiger charge is 2.50. The molecule has 28 nitrogen and oxygen atoms in total. The Bertz CT molecular complexity index is 1850. The standard InChI is InChI=1S/C34H50N8O20S/c1-11-8-42-24(25(11)49)32(56)40-30(54)19(47)6-14(35)28(52)37-15(10-43)33(57)41-9-13(44)5-16(41)29(53)39-23(31(55)38-22(34(42)58)18(46)7-21(36)48)27(51)26(50)12-2-3-17(45)20(4-12)60-63-62-61-59/h2-4,11,13-16,18-19,22-27,30,43-47,49-51,54,59H,5-10,35H2,1H3,(H2,36,48)(H,37,52)(H,38,55)(H,39,53)(H,40,56). The van der Waals surface area contributed by atoms with Crippen LogP contribution >= 0.6 is 12.3 Å². The largest absolute Gasteiger partial charge is 0.504 e. The van der Waals surface area contributed by atoms with E-state index in [0.29, 0.717) is 9.80 Å². The van der Waals surface area contributed by atoms with E-state index < -0.39 is 177 Å². The molecule has 0 aliphatic carbocycles. The number of rotatable bonds is 11. The molecule has 63 heavy (non-hydrogen) atoms. The normalized spacial score (nSPS) is 32.0. The molecule has 1 aromatic carbocycles. The van der Waals surface area contributed by atoms with Gasteiger partial charge in [0.25, 0.3) is 12.3 Å². The number of aliphatic hydroxyl groups excluding tert-OH is 8. The molecule has 29 heteroatoms. The number of amides is 7. The Morgan fingerprint density at radius 2 is 1.56 bits per heavy atom. The monoisotopic (exact) mass is 922 g/mol. The molecule has 3 fully saturated rings. The summed E-state index contributed by atoms with van der Waals surface area (Å²) in [5, 5.41) is 117. The first-order valence-electron chi connectivity index (χ1n) is 19.0. The summed E-state index contributed by atoms with van der Waals surface area (Å²) in [6.45, 7) is -0.801. The van der Waals surface area contributed by atoms with Crippen LogP contribution in [0.25, 0.3) is 0 Å². The number of aromatic hydroxyl groups is 1. The number of nitrogens with zero attached hydrogens (tertiary/aromatic N) is 2. The number of nitrogens with one attached hydrogen (secondary N) is 4. The van der Waals surface area contributed by atoms with Gasteiger partial charge in [0.15, 0.2) is 17.7 Å². The Balaban J connectivity index is 1.84. The van der Waals surface area contributed by atoms with Gasteiger partial charge in [0.1, 0.15) is 48.5 Å². The molecule has 4 rings (SSSR count). The third-order valence-corrected chi connectivity index (χ3v) is 10.9. The summed E-state index contributed by atoms with van der Waals surface area (Å²) < 4.78 is 9.06. The van der Waals surface area contributed by atoms with Gasteiger partial charge in [-0.3, -0.25) is 33.6 Å². The van der Waals surface area contributed by atoms with E-state index in [-0.39, 0.29) is 17.9 Å². The molecule has 0 saturated carbocycles. The molecule has 3 heterocycles. The maximum atomic E-state index is 14.3. The second-order valence-electron chi connectivity index (χ2n) is 15.1. The number of phenols is 1. The second-order valence-corrected chi connectivity index (χ2v) is 15.5. The smallest absolute Gasteiger partial charge is 0.261 e. The summed E-state index contributed by atoms with van der Waals surface area (Å²) in [4.78, 5) is 96.3. The van der Waals surface area contributed by atoms with E-state index in [9.17, 15) is 79.5 Å². The number of hydrogen-bond donors (Lipinski definition) is 16. The number of carbonyl (C=O) groups is 7. The van der Waals surface area contributed by atoms with Crippen molar-refractivity contribution in [2.45, 2.75) is 105 Å². The van der Waals surface area contributed by atoms with Gasteiger partial charge in [-0.25, -0.2) is 5.26 Å². The molecular weight excluding hydrogens is 872 g/mol. The molecule has 14 unspecified atom stereocenters. The molecule has 0 bridgehead atoms. The highest BCUT2D eigenvalue weighted by Crippen LogP contribution is 2.34. The van der Waals surface area contributed by atoms with Crippen molar-refractivity contribution in [3.63, 3.8) is 0 Å². The molecular formula is C34H50N8O20S. The van der Waals surface area contributed by atoms with Crippen LogP contribution in [-0.4, -0.2) is 195 Å². The Labute approximate surface area is 360 Å². The van der Waals surface area contributed by atoms with Crippen molar-refractivity contribution in [2.24, 2.45) is 17.4 Å². The van der Waals surface area contributed by atoms with Crippen LogP contribution in [0.3, 0.4) is 0 Å². The highest BCUT2D eigenvalue weighted by atomic mass is 32.2. The number of carbonyl (C=O) groups excluding carboxylic acids is 7. The third-order valence-electron chi connectivity index (χ3n) is 10.5. The molecule has 0 radical (unpaired) electrons. The van der Waals surface area contributed by atoms with Crippen LogP contribution in [-0.2, 0) is 42.9 Å². The zero-order chi connectivity index (χ0) is 47.0. The van der Waals surface area contributed by atoms with E-state index in [0.717, 1.165) is 18.2 Å². The summed E-state index contributed by atoms with van der Waals surface area (Å²) in [5.74, 6) is -11.2. The van der Waals surface area contributed by atoms with Crippen molar-refractivity contribution in [2.75, 3.05) is 19.7 Å². The minimum atomic E-state index is -2.50. The molecule has 3 aliphatic rings. The fraction of sp³-hybridized carbons (Fsp3) is 0.618. The van der Waals surface area contributed by atoms with E-state index in [4.69, 9.17) is 20.9 Å². The van der Waals surface area contributed by atoms with Crippen LogP contribution in [0.5, 0.6) is 11.5 Å². The van der Waals surface area contributed by atoms with Crippen LogP contribution in [0.15, 0.2) is 18.2 Å². The van der Waals surface area contributed by atoms with Gasteiger partial charge in [-0.05, 0) is 17.7 Å². The van der Waals surface area contributed by atoms with Crippen molar-refractivity contribution >= 4 is 53.7 Å². The number of phenolic OH excluding ortho intramolecular Hbond substituents is 1. The van der Waals surface area contributed by atoms with E-state index in [2.05, 4.69) is 25.3 Å². The number of benzene rings is 1. The first-order valence-corrected chi connectivity index (χ1v) is 19.7. The first kappa shape index (κ1) is 50.6. The third kappa shape index (κ3) is 12.2. The van der Waals surface area contributed by atoms with Crippen LogP contribution in [0.4, 0.5) is 0 Å². The van der Waals surface area contributed by atoms with Gasteiger partial charge < -0.3 is 92.7 Å². The van der Waals surface area contributed by atoms with Crippen molar-refractivity contribution < 1.29 is 98.3 Å². The van der Waals surface area contributed by atoms with Crippen LogP contribution < -0.4 is 36.9 Å². The van der Waals surface area contributed by atoms with Crippen LogP contribution in [0, 0.1) is 5.92 Å². The quantitative estimate of drug-likeness (QED) is 0.0424. The topological polar surface area (TPSA) is 456 Å². The van der Waals surface area contributed by atoms with Crippen molar-refractivity contribution in [3.8, 4) is 11.5 Å². The molecule has 14 atom stereocenters. The van der Waals surface area contributed by atoms with Crippen molar-refractivity contribution in [1.82, 2.24) is 31.1 Å². The number of hydrogen-bond acceptors (Lipinski definition) is 22. The molecule has 7 amide bonds. The Kier molecular flexibility index (Phi) is 17.7. The number of aliphatic hydroxyl groups is 8. The molecule has 18 N–H and O–H groups in total. The lowest BCUT2D eigenvalue weighted by molar-refractivity contribution is -0.433. The SMILES string of the molecule is CC1CN2C(=O)C(C(O)CC(N)=O)NC(=O)C(C(O)C(O)c3ccc(O)c(OSOOO)c3)NC(=O)C3CC(O)CN3C(=O)C(CO)NC(=O)C(N)CC(O)C(O)NC(=O)C2C1O. The van der Waals surface area contributed by atoms with Gasteiger partial charge in [-0.1, -0.05) is 22.4 Å². The summed E-state index contributed by atoms with van der Waals surface area (Å²) in [7, 11) is 0. The number of nitrogens with two attached hydrogens (primary N) is 2. The average molecular weight is 923 g/mol. The summed E-state index contributed by atoms with van der Waals surface area (Å²) in [5.41, 5.74) is 10.8. The van der Waals surface area contributed by atoms with E-state index in [1.807, 2.05) is 5.32 Å². The molecule has 3 saturated heterocycles. The predicted octanol–water partition coefficient (Wildman–Crippen LogP) is -8.47. The van der Waals surface area contributed by atoms with Gasteiger partial charge in [0, 0.05) is 31.8 Å². The predicted molar refractivity (Wildman–Crippen MR) is 204 cm³/mol. The maximum Gasteiger partial charge on any atom is 0.261 e. The van der Waals surface area contributed by atoms with E-state index >= 15 is 0 Å². The minimum absolute atomic E-state index is 0.0236. The zero-order valence-electron chi connectivity index (χ0n) is 33.1. The summed E-state index contributed by atoms with van der Waals surface area (Å²) >= 11 is -0.0236. The Morgan fingerprint density at radius 1 is 0.889 bits per heavy atom. The fourth-order valence-electron chi connectivity index (χ4n) is 7.19. The second kappa shape index (κ2) is 22.1. The van der Waals surface area contributed by atoms with Crippen LogP contribution in [0.1, 0.15) is 37.9 Å². The Hall–Kier alpha value is -5.02. The lowest BCUT2D eigenvalue weighted by Gasteiger charge is -2.34.